The minimum atomic E-state index is -0.890. The van der Waals surface area contributed by atoms with Crippen LogP contribution in [0.4, 0.5) is 9.18 Å². The van der Waals surface area contributed by atoms with Gasteiger partial charge in [0.05, 0.1) is 28.5 Å². The van der Waals surface area contributed by atoms with Crippen LogP contribution in [0.2, 0.25) is 0 Å². The van der Waals surface area contributed by atoms with Gasteiger partial charge in [-0.1, -0.05) is 18.2 Å². The molecule has 1 aromatic carbocycles. The van der Waals surface area contributed by atoms with Crippen molar-refractivity contribution in [1.29, 1.82) is 0 Å². The van der Waals surface area contributed by atoms with E-state index < -0.39 is 24.4 Å². The maximum atomic E-state index is 14.0. The number of imidazole rings is 1. The number of para-hydroxylation sites is 1. The molecule has 11 nitrogen and oxygen atoms in total. The Kier molecular flexibility index (Phi) is 8.60. The van der Waals surface area contributed by atoms with Crippen LogP contribution < -0.4 is 5.32 Å². The number of aromatic nitrogens is 4. The number of amides is 3. The molecule has 2 aliphatic heterocycles. The molecule has 260 valence electrons. The second kappa shape index (κ2) is 12.8. The van der Waals surface area contributed by atoms with E-state index >= 15 is 0 Å². The molecule has 1 atom stereocenters. The molecule has 1 aliphatic carbocycles. The summed E-state index contributed by atoms with van der Waals surface area (Å²) in [6.07, 6.45) is 4.11. The van der Waals surface area contributed by atoms with E-state index in [1.165, 1.54) is 29.3 Å². The zero-order valence-corrected chi connectivity index (χ0v) is 29.1. The summed E-state index contributed by atoms with van der Waals surface area (Å²) < 4.78 is 23.7. The predicted octanol–water partition coefficient (Wildman–Crippen LogP) is 5.59. The number of ether oxygens (including phenoxy) is 1. The minimum absolute atomic E-state index is 0.0247. The van der Waals surface area contributed by atoms with Crippen molar-refractivity contribution >= 4 is 40.0 Å². The first-order chi connectivity index (χ1) is 23.4. The highest BCUT2D eigenvalue weighted by molar-refractivity contribution is 5.99. The van der Waals surface area contributed by atoms with Gasteiger partial charge in [0.15, 0.2) is 11.5 Å². The first-order valence-corrected chi connectivity index (χ1v) is 17.5. The number of benzene rings is 1. The van der Waals surface area contributed by atoms with Gasteiger partial charge >= 0.3 is 6.09 Å². The van der Waals surface area contributed by atoms with Crippen LogP contribution in [-0.2, 0) is 29.5 Å². The summed E-state index contributed by atoms with van der Waals surface area (Å²) in [5.74, 6) is 1.68. The first-order valence-electron chi connectivity index (χ1n) is 17.5. The zero-order chi connectivity index (χ0) is 34.6. The second-order valence-corrected chi connectivity index (χ2v) is 15.0. The third-order valence-corrected chi connectivity index (χ3v) is 10.1. The molecule has 49 heavy (non-hydrogen) atoms. The van der Waals surface area contributed by atoms with Crippen molar-refractivity contribution < 1.29 is 23.5 Å². The molecule has 1 saturated carbocycles. The van der Waals surface area contributed by atoms with E-state index in [9.17, 15) is 18.8 Å². The van der Waals surface area contributed by atoms with E-state index in [0.717, 1.165) is 44.0 Å². The number of carbonyl (C=O) groups excluding carboxylic acids is 3. The average molecular weight is 672 g/mol. The molecule has 0 radical (unpaired) electrons. The molecule has 7 rings (SSSR count). The molecule has 2 fully saturated rings. The van der Waals surface area contributed by atoms with Gasteiger partial charge in [-0.3, -0.25) is 9.59 Å². The Hall–Kier alpha value is -4.48. The lowest BCUT2D eigenvalue weighted by atomic mass is 9.88. The van der Waals surface area contributed by atoms with Crippen molar-refractivity contribution in [3.63, 3.8) is 0 Å². The van der Waals surface area contributed by atoms with Crippen LogP contribution in [-0.4, -0.2) is 91.3 Å². The molecule has 3 aromatic heterocycles. The van der Waals surface area contributed by atoms with E-state index in [-0.39, 0.29) is 18.4 Å². The van der Waals surface area contributed by atoms with Crippen LogP contribution in [0.3, 0.4) is 0 Å². The molecular formula is C37H46FN7O4. The maximum Gasteiger partial charge on any atom is 0.408 e. The maximum absolute atomic E-state index is 14.0. The van der Waals surface area contributed by atoms with Crippen LogP contribution in [0.15, 0.2) is 30.3 Å². The van der Waals surface area contributed by atoms with Gasteiger partial charge in [0.25, 0.3) is 5.91 Å². The highest BCUT2D eigenvalue weighted by atomic mass is 19.1. The minimum Gasteiger partial charge on any atom is -0.444 e. The third kappa shape index (κ3) is 6.61. The molecule has 0 bridgehead atoms. The molecule has 0 unspecified atom stereocenters. The highest BCUT2D eigenvalue weighted by Gasteiger charge is 2.32. The van der Waals surface area contributed by atoms with Crippen molar-refractivity contribution in [3.05, 3.63) is 47.2 Å². The number of alkyl halides is 1. The van der Waals surface area contributed by atoms with Gasteiger partial charge < -0.3 is 29.0 Å². The lowest BCUT2D eigenvalue weighted by Crippen LogP contribution is -2.50. The molecule has 0 spiro atoms. The van der Waals surface area contributed by atoms with E-state index in [4.69, 9.17) is 14.7 Å². The zero-order valence-electron chi connectivity index (χ0n) is 29.1. The summed E-state index contributed by atoms with van der Waals surface area (Å²) in [4.78, 5) is 51.5. The molecule has 5 heterocycles. The summed E-state index contributed by atoms with van der Waals surface area (Å²) >= 11 is 0. The van der Waals surface area contributed by atoms with Crippen molar-refractivity contribution in [1.82, 2.24) is 34.2 Å². The summed E-state index contributed by atoms with van der Waals surface area (Å²) in [5, 5.41) is 3.74. The number of rotatable bonds is 8. The number of hydrogen-bond donors (Lipinski definition) is 1. The lowest BCUT2D eigenvalue weighted by Gasteiger charge is -2.32. The topological polar surface area (TPSA) is 115 Å². The van der Waals surface area contributed by atoms with Crippen molar-refractivity contribution in [3.8, 4) is 11.5 Å². The van der Waals surface area contributed by atoms with Gasteiger partial charge in [0, 0.05) is 58.5 Å². The molecule has 3 aliphatic rings. The standard InChI is InChI=1S/C37H46FN7O4/c1-22(46)43-14-11-24(12-15-43)27-8-6-7-25-17-31(45(32(25)27)20-23-9-10-23)34-41-30-18-28-29(40-33(30)42(34)5)13-16-44(35(28)47)21-26(19-38)39-36(48)49-37(2,3)4/h6-8,17-18,23-24,26H,9-16,19-21H2,1-5H3,(H,39,48)/t26-/m1/s1. The Labute approximate surface area is 285 Å². The smallest absolute Gasteiger partial charge is 0.408 e. The van der Waals surface area contributed by atoms with Gasteiger partial charge in [0.2, 0.25) is 5.91 Å². The monoisotopic (exact) mass is 671 g/mol. The van der Waals surface area contributed by atoms with Gasteiger partial charge in [-0.25, -0.2) is 19.2 Å². The first kappa shape index (κ1) is 33.0. The van der Waals surface area contributed by atoms with E-state index in [2.05, 4.69) is 34.1 Å². The van der Waals surface area contributed by atoms with E-state index in [0.29, 0.717) is 47.2 Å². The van der Waals surface area contributed by atoms with E-state index in [1.807, 2.05) is 22.6 Å². The van der Waals surface area contributed by atoms with Gasteiger partial charge in [0.1, 0.15) is 17.8 Å². The molecule has 1 N–H and O–H groups in total. The SMILES string of the molecule is CC(=O)N1CCC(c2cccc3cc(-c4nc5cc6c(nc5n4C)CCN(C[C@@H](CF)NC(=O)OC(C)(C)C)C6=O)n(CC4CC4)c23)CC1. The quantitative estimate of drug-likeness (QED) is 0.262. The fourth-order valence-electron chi connectivity index (χ4n) is 7.44. The van der Waals surface area contributed by atoms with Gasteiger partial charge in [-0.15, -0.1) is 0 Å². The number of carbonyl (C=O) groups is 3. The molecule has 1 saturated heterocycles. The van der Waals surface area contributed by atoms with Gasteiger partial charge in [-0.2, -0.15) is 0 Å². The van der Waals surface area contributed by atoms with E-state index in [1.54, 1.807) is 32.6 Å². The largest absolute Gasteiger partial charge is 0.444 e. The molecule has 3 amide bonds. The Morgan fingerprint density at radius 2 is 1.84 bits per heavy atom. The lowest BCUT2D eigenvalue weighted by molar-refractivity contribution is -0.129. The van der Waals surface area contributed by atoms with Crippen LogP contribution in [0, 0.1) is 5.92 Å². The van der Waals surface area contributed by atoms with Crippen LogP contribution in [0.25, 0.3) is 33.6 Å². The number of piperidine rings is 1. The fourth-order valence-corrected chi connectivity index (χ4v) is 7.44. The van der Waals surface area contributed by atoms with Crippen molar-refractivity contribution in [2.45, 2.75) is 83.9 Å². The Bertz CT molecular complexity index is 1930. The number of fused-ring (bicyclic) bond motifs is 3. The Morgan fingerprint density at radius 3 is 2.51 bits per heavy atom. The predicted molar refractivity (Wildman–Crippen MR) is 185 cm³/mol. The third-order valence-electron chi connectivity index (χ3n) is 10.1. The Balaban J connectivity index is 1.20. The summed E-state index contributed by atoms with van der Waals surface area (Å²) in [5.41, 5.74) is 5.38. The van der Waals surface area contributed by atoms with Crippen LogP contribution in [0.1, 0.15) is 80.9 Å². The number of halogens is 1. The normalized spacial score (nSPS) is 17.9. The number of likely N-dealkylation sites (tertiary alicyclic amines) is 1. The number of nitrogens with zero attached hydrogens (tertiary/aromatic N) is 6. The van der Waals surface area contributed by atoms with Gasteiger partial charge in [-0.05, 0) is 76.0 Å². The van der Waals surface area contributed by atoms with Crippen molar-refractivity contribution in [2.24, 2.45) is 13.0 Å². The molecular weight excluding hydrogens is 625 g/mol. The summed E-state index contributed by atoms with van der Waals surface area (Å²) in [6.45, 7) is 8.90. The number of pyridine rings is 1. The van der Waals surface area contributed by atoms with Crippen LogP contribution >= 0.6 is 0 Å². The summed E-state index contributed by atoms with van der Waals surface area (Å²) in [6, 6.07) is 9.71. The highest BCUT2D eigenvalue weighted by Crippen LogP contribution is 2.40. The number of alkyl carbamates (subject to hydrolysis) is 1. The average Bonchev–Trinajstić information content (AvgIpc) is 3.73. The number of hydrogen-bond acceptors (Lipinski definition) is 6. The molecule has 4 aromatic rings. The second-order valence-electron chi connectivity index (χ2n) is 15.0. The summed E-state index contributed by atoms with van der Waals surface area (Å²) in [7, 11) is 1.98. The fraction of sp³-hybridized carbons (Fsp3) is 0.541. The number of nitrogens with one attached hydrogen (secondary N) is 1. The number of aryl methyl sites for hydroxylation is 1. The Morgan fingerprint density at radius 1 is 1.08 bits per heavy atom. The van der Waals surface area contributed by atoms with Crippen molar-refractivity contribution in [2.75, 3.05) is 32.9 Å². The molecule has 12 heteroatoms. The van der Waals surface area contributed by atoms with Crippen LogP contribution in [0.5, 0.6) is 0 Å².